The van der Waals surface area contributed by atoms with E-state index in [9.17, 15) is 0 Å². The molecule has 4 heteroatoms. The normalized spacial score (nSPS) is 10.8. The van der Waals surface area contributed by atoms with Gasteiger partial charge in [-0.2, -0.15) is 0 Å². The zero-order chi connectivity index (χ0) is 13.2. The molecular weight excluding hydrogens is 238 g/mol. The van der Waals surface area contributed by atoms with Gasteiger partial charge in [0.2, 0.25) is 5.95 Å². The molecule has 1 aromatic carbocycles. The average Bonchev–Trinajstić information content (AvgIpc) is 2.78. The highest BCUT2D eigenvalue weighted by atomic mass is 16.3. The van der Waals surface area contributed by atoms with Crippen LogP contribution in [0.2, 0.25) is 0 Å². The molecule has 0 aliphatic carbocycles. The van der Waals surface area contributed by atoms with Crippen molar-refractivity contribution in [1.82, 2.24) is 9.97 Å². The van der Waals surface area contributed by atoms with Crippen LogP contribution in [0.3, 0.4) is 0 Å². The molecule has 0 saturated carbocycles. The molecule has 19 heavy (non-hydrogen) atoms. The van der Waals surface area contributed by atoms with E-state index in [4.69, 9.17) is 4.42 Å². The predicted octanol–water partition coefficient (Wildman–Crippen LogP) is 3.45. The second-order valence-electron chi connectivity index (χ2n) is 4.58. The van der Waals surface area contributed by atoms with Crippen molar-refractivity contribution >= 4 is 16.9 Å². The summed E-state index contributed by atoms with van der Waals surface area (Å²) < 4.78 is 5.73. The second-order valence-corrected chi connectivity index (χ2v) is 4.58. The Bertz CT molecular complexity index is 665. The second kappa shape index (κ2) is 4.72. The zero-order valence-corrected chi connectivity index (χ0v) is 11.0. The topological polar surface area (TPSA) is 51.0 Å². The van der Waals surface area contributed by atoms with Crippen molar-refractivity contribution in [3.05, 3.63) is 53.5 Å². The molecule has 3 aromatic rings. The van der Waals surface area contributed by atoms with Crippen molar-refractivity contribution in [2.45, 2.75) is 20.4 Å². The van der Waals surface area contributed by atoms with Crippen LogP contribution in [0.25, 0.3) is 11.0 Å². The van der Waals surface area contributed by atoms with Gasteiger partial charge in [0.05, 0.1) is 6.54 Å². The van der Waals surface area contributed by atoms with Gasteiger partial charge in [0.1, 0.15) is 11.3 Å². The lowest BCUT2D eigenvalue weighted by atomic mass is 10.2. The summed E-state index contributed by atoms with van der Waals surface area (Å²) in [4.78, 5) is 8.68. The molecule has 0 saturated heterocycles. The third-order valence-electron chi connectivity index (χ3n) is 2.88. The van der Waals surface area contributed by atoms with Gasteiger partial charge in [0.15, 0.2) is 0 Å². The molecule has 2 aromatic heterocycles. The molecule has 2 heterocycles. The molecule has 96 valence electrons. The molecule has 1 N–H and O–H groups in total. The summed E-state index contributed by atoms with van der Waals surface area (Å²) >= 11 is 0. The summed E-state index contributed by atoms with van der Waals surface area (Å²) in [6, 6.07) is 12.0. The summed E-state index contributed by atoms with van der Waals surface area (Å²) in [6.45, 7) is 4.50. The largest absolute Gasteiger partial charge is 0.459 e. The van der Waals surface area contributed by atoms with Gasteiger partial charge < -0.3 is 9.73 Å². The molecule has 3 rings (SSSR count). The summed E-state index contributed by atoms with van der Waals surface area (Å²) in [5.41, 5.74) is 2.82. The molecule has 0 aliphatic rings. The van der Waals surface area contributed by atoms with Gasteiger partial charge in [-0.15, -0.1) is 0 Å². The maximum atomic E-state index is 5.73. The third-order valence-corrected chi connectivity index (χ3v) is 2.88. The number of hydrogen-bond acceptors (Lipinski definition) is 4. The van der Waals surface area contributed by atoms with Crippen LogP contribution in [0.15, 0.2) is 40.8 Å². The first kappa shape index (κ1) is 11.7. The van der Waals surface area contributed by atoms with Gasteiger partial charge in [-0.05, 0) is 32.0 Å². The van der Waals surface area contributed by atoms with Crippen molar-refractivity contribution in [2.24, 2.45) is 0 Å². The number of nitrogens with zero attached hydrogens (tertiary/aromatic N) is 2. The highest BCUT2D eigenvalue weighted by Crippen LogP contribution is 2.19. The quantitative estimate of drug-likeness (QED) is 0.776. The van der Waals surface area contributed by atoms with E-state index in [1.807, 2.05) is 50.2 Å². The summed E-state index contributed by atoms with van der Waals surface area (Å²) in [7, 11) is 0. The van der Waals surface area contributed by atoms with Crippen LogP contribution >= 0.6 is 0 Å². The zero-order valence-electron chi connectivity index (χ0n) is 11.0. The van der Waals surface area contributed by atoms with E-state index < -0.39 is 0 Å². The molecule has 0 bridgehead atoms. The predicted molar refractivity (Wildman–Crippen MR) is 75.0 cm³/mol. The number of nitrogens with one attached hydrogen (secondary N) is 1. The first-order chi connectivity index (χ1) is 9.20. The van der Waals surface area contributed by atoms with Gasteiger partial charge in [-0.25, -0.2) is 9.97 Å². The van der Waals surface area contributed by atoms with Crippen LogP contribution < -0.4 is 5.32 Å². The van der Waals surface area contributed by atoms with Crippen LogP contribution in [0, 0.1) is 13.8 Å². The number of aryl methyl sites for hydroxylation is 2. The Labute approximate surface area is 111 Å². The number of hydrogen-bond donors (Lipinski definition) is 1. The van der Waals surface area contributed by atoms with E-state index in [1.54, 1.807) is 0 Å². The minimum absolute atomic E-state index is 0.581. The SMILES string of the molecule is Cc1cc(C)nc(NCc2cc3ccccc3o2)n1. The van der Waals surface area contributed by atoms with Crippen molar-refractivity contribution < 1.29 is 4.42 Å². The van der Waals surface area contributed by atoms with Gasteiger partial charge in [-0.3, -0.25) is 0 Å². The molecule has 0 aliphatic heterocycles. The average molecular weight is 253 g/mol. The van der Waals surface area contributed by atoms with Crippen molar-refractivity contribution in [2.75, 3.05) is 5.32 Å². The van der Waals surface area contributed by atoms with Crippen LogP contribution in [0.5, 0.6) is 0 Å². The van der Waals surface area contributed by atoms with Crippen LogP contribution in [0.1, 0.15) is 17.1 Å². The lowest BCUT2D eigenvalue weighted by Crippen LogP contribution is -2.04. The Morgan fingerprint density at radius 2 is 1.79 bits per heavy atom. The molecular formula is C15H15N3O. The number of anilines is 1. The summed E-state index contributed by atoms with van der Waals surface area (Å²) in [5.74, 6) is 1.52. The highest BCUT2D eigenvalue weighted by Gasteiger charge is 2.04. The Morgan fingerprint density at radius 1 is 1.05 bits per heavy atom. The number of para-hydroxylation sites is 1. The Morgan fingerprint density at radius 3 is 2.53 bits per heavy atom. The van der Waals surface area contributed by atoms with E-state index >= 15 is 0 Å². The standard InChI is InChI=1S/C15H15N3O/c1-10-7-11(2)18-15(17-10)16-9-13-8-12-5-3-4-6-14(12)19-13/h3-8H,9H2,1-2H3,(H,16,17,18). The van der Waals surface area contributed by atoms with Gasteiger partial charge in [-0.1, -0.05) is 18.2 Å². The fourth-order valence-corrected chi connectivity index (χ4v) is 2.10. The lowest BCUT2D eigenvalue weighted by molar-refractivity contribution is 0.558. The molecule has 0 radical (unpaired) electrons. The first-order valence-electron chi connectivity index (χ1n) is 6.24. The molecule has 0 fully saturated rings. The monoisotopic (exact) mass is 253 g/mol. The number of rotatable bonds is 3. The minimum Gasteiger partial charge on any atom is -0.459 e. The number of benzene rings is 1. The van der Waals surface area contributed by atoms with Gasteiger partial charge in [0.25, 0.3) is 0 Å². The van der Waals surface area contributed by atoms with E-state index in [0.29, 0.717) is 12.5 Å². The van der Waals surface area contributed by atoms with E-state index in [2.05, 4.69) is 15.3 Å². The fourth-order valence-electron chi connectivity index (χ4n) is 2.10. The minimum atomic E-state index is 0.581. The van der Waals surface area contributed by atoms with Crippen LogP contribution in [-0.4, -0.2) is 9.97 Å². The Balaban J connectivity index is 1.78. The highest BCUT2D eigenvalue weighted by molar-refractivity contribution is 5.77. The fraction of sp³-hybridized carbons (Fsp3) is 0.200. The van der Waals surface area contributed by atoms with Crippen LogP contribution in [-0.2, 0) is 6.54 Å². The molecule has 4 nitrogen and oxygen atoms in total. The van der Waals surface area contributed by atoms with Crippen molar-refractivity contribution in [3.8, 4) is 0 Å². The molecule has 0 amide bonds. The van der Waals surface area contributed by atoms with Crippen LogP contribution in [0.4, 0.5) is 5.95 Å². The summed E-state index contributed by atoms with van der Waals surface area (Å²) in [5, 5.41) is 4.30. The maximum absolute atomic E-state index is 5.73. The molecule has 0 atom stereocenters. The van der Waals surface area contributed by atoms with E-state index in [1.165, 1.54) is 0 Å². The van der Waals surface area contributed by atoms with E-state index in [0.717, 1.165) is 28.1 Å². The van der Waals surface area contributed by atoms with Crippen molar-refractivity contribution in [1.29, 1.82) is 0 Å². The van der Waals surface area contributed by atoms with Gasteiger partial charge in [0, 0.05) is 16.8 Å². The molecule has 0 spiro atoms. The lowest BCUT2D eigenvalue weighted by Gasteiger charge is -2.04. The number of aromatic nitrogens is 2. The van der Waals surface area contributed by atoms with E-state index in [-0.39, 0.29) is 0 Å². The molecule has 0 unspecified atom stereocenters. The smallest absolute Gasteiger partial charge is 0.223 e. The third kappa shape index (κ3) is 2.57. The Hall–Kier alpha value is -2.36. The Kier molecular flexibility index (Phi) is 2.91. The number of furan rings is 1. The van der Waals surface area contributed by atoms with Gasteiger partial charge >= 0.3 is 0 Å². The maximum Gasteiger partial charge on any atom is 0.223 e. The number of fused-ring (bicyclic) bond motifs is 1. The summed E-state index contributed by atoms with van der Waals surface area (Å²) in [6.07, 6.45) is 0. The first-order valence-corrected chi connectivity index (χ1v) is 6.24. The van der Waals surface area contributed by atoms with Crippen molar-refractivity contribution in [3.63, 3.8) is 0 Å².